The molecule has 0 aliphatic carbocycles. The zero-order chi connectivity index (χ0) is 25.6. The normalized spacial score (nSPS) is 17.0. The second-order valence-electron chi connectivity index (χ2n) is 6.81. The second-order valence-corrected chi connectivity index (χ2v) is 6.81. The van der Waals surface area contributed by atoms with Crippen LogP contribution in [-0.4, -0.2) is 41.5 Å². The topological polar surface area (TPSA) is 170 Å². The molecule has 0 unspecified atom stereocenters. The fraction of sp³-hybridized carbons (Fsp3) is 0.125. The summed E-state index contributed by atoms with van der Waals surface area (Å²) in [4.78, 5) is 74.4. The van der Waals surface area contributed by atoms with Crippen molar-refractivity contribution in [3.63, 3.8) is 0 Å². The van der Waals surface area contributed by atoms with Crippen molar-refractivity contribution >= 4 is 53.6 Å². The summed E-state index contributed by atoms with van der Waals surface area (Å²) in [5.74, 6) is -1.66. The Morgan fingerprint density at radius 2 is 1.26 bits per heavy atom. The van der Waals surface area contributed by atoms with Crippen LogP contribution < -0.4 is 10.6 Å². The number of ketones is 2. The van der Waals surface area contributed by atoms with Gasteiger partial charge in [-0.3, -0.25) is 44.2 Å². The molecular weight excluding hydrogens is 460 g/mol. The molecule has 11 heteroatoms. The maximum atomic E-state index is 11.4. The largest absolute Gasteiger partial charge is 0.465 e. The lowest BCUT2D eigenvalue weighted by molar-refractivity contribution is -0.140. The SMILES string of the molecule is O=C/C=C/c1ccco1.O=C1CC(=O)/C(=C\C=C\c2ccco2)C(=O)N1.O=C1CC(=O)NC(=O)C1. The highest BCUT2D eigenvalue weighted by Gasteiger charge is 2.27. The highest BCUT2D eigenvalue weighted by Crippen LogP contribution is 2.09. The smallest absolute Gasteiger partial charge is 0.261 e. The van der Waals surface area contributed by atoms with E-state index in [0.717, 1.165) is 0 Å². The van der Waals surface area contributed by atoms with Crippen molar-refractivity contribution < 1.29 is 42.4 Å². The van der Waals surface area contributed by atoms with E-state index >= 15 is 0 Å². The lowest BCUT2D eigenvalue weighted by atomic mass is 10.0. The summed E-state index contributed by atoms with van der Waals surface area (Å²) in [6.45, 7) is 0. The molecule has 35 heavy (non-hydrogen) atoms. The van der Waals surface area contributed by atoms with Gasteiger partial charge in [0.2, 0.25) is 17.7 Å². The van der Waals surface area contributed by atoms with Crippen LogP contribution in [0.5, 0.6) is 0 Å². The molecule has 0 radical (unpaired) electrons. The Morgan fingerprint density at radius 1 is 0.714 bits per heavy atom. The zero-order valence-corrected chi connectivity index (χ0v) is 18.2. The summed E-state index contributed by atoms with van der Waals surface area (Å²) in [6, 6.07) is 7.01. The third kappa shape index (κ3) is 9.61. The maximum Gasteiger partial charge on any atom is 0.261 e. The van der Waals surface area contributed by atoms with E-state index in [9.17, 15) is 33.6 Å². The summed E-state index contributed by atoms with van der Waals surface area (Å²) in [7, 11) is 0. The lowest BCUT2D eigenvalue weighted by Gasteiger charge is -2.11. The quantitative estimate of drug-likeness (QED) is 0.215. The van der Waals surface area contributed by atoms with Crippen molar-refractivity contribution in [3.05, 3.63) is 72.1 Å². The van der Waals surface area contributed by atoms with Crippen LogP contribution in [0.25, 0.3) is 12.2 Å². The van der Waals surface area contributed by atoms with E-state index < -0.39 is 29.4 Å². The molecule has 4 rings (SSSR count). The Bertz CT molecular complexity index is 1120. The molecule has 2 fully saturated rings. The van der Waals surface area contributed by atoms with Gasteiger partial charge >= 0.3 is 0 Å². The molecule has 180 valence electrons. The van der Waals surface area contributed by atoms with Crippen LogP contribution in [0, 0.1) is 0 Å². The molecule has 0 spiro atoms. The van der Waals surface area contributed by atoms with Crippen LogP contribution >= 0.6 is 0 Å². The number of nitrogens with one attached hydrogen (secondary N) is 2. The van der Waals surface area contributed by atoms with Crippen molar-refractivity contribution in [2.24, 2.45) is 0 Å². The number of aldehydes is 1. The van der Waals surface area contributed by atoms with E-state index in [1.807, 2.05) is 5.32 Å². The number of hydrogen-bond donors (Lipinski definition) is 2. The fourth-order valence-corrected chi connectivity index (χ4v) is 2.58. The number of furan rings is 2. The Hall–Kier alpha value is -4.93. The number of carbonyl (C=O) groups excluding carboxylic acids is 7. The monoisotopic (exact) mass is 480 g/mol. The number of Topliss-reactive ketones (excluding diaryl/α,β-unsaturated/α-hetero) is 2. The summed E-state index contributed by atoms with van der Waals surface area (Å²) < 4.78 is 9.93. The fourth-order valence-electron chi connectivity index (χ4n) is 2.58. The summed E-state index contributed by atoms with van der Waals surface area (Å²) in [5.41, 5.74) is -0.0209. The predicted molar refractivity (Wildman–Crippen MR) is 120 cm³/mol. The predicted octanol–water partition coefficient (Wildman–Crippen LogP) is 1.32. The van der Waals surface area contributed by atoms with Crippen LogP contribution in [0.4, 0.5) is 0 Å². The van der Waals surface area contributed by atoms with E-state index in [0.29, 0.717) is 17.8 Å². The van der Waals surface area contributed by atoms with Crippen LogP contribution in [0.1, 0.15) is 30.8 Å². The van der Waals surface area contributed by atoms with E-state index in [1.165, 1.54) is 24.5 Å². The molecule has 2 aromatic heterocycles. The minimum atomic E-state index is -0.657. The van der Waals surface area contributed by atoms with Gasteiger partial charge in [0, 0.05) is 0 Å². The summed E-state index contributed by atoms with van der Waals surface area (Å²) in [5, 5.41) is 4.09. The Morgan fingerprint density at radius 3 is 1.71 bits per heavy atom. The first-order chi connectivity index (χ1) is 16.8. The molecule has 2 aliphatic heterocycles. The molecule has 0 bridgehead atoms. The van der Waals surface area contributed by atoms with Gasteiger partial charge in [0.05, 0.1) is 37.4 Å². The number of rotatable bonds is 4. The Kier molecular flexibility index (Phi) is 10.2. The highest BCUT2D eigenvalue weighted by atomic mass is 16.3. The average Bonchev–Trinajstić information content (AvgIpc) is 3.48. The van der Waals surface area contributed by atoms with Gasteiger partial charge in [-0.15, -0.1) is 0 Å². The standard InChI is InChI=1S/C12H9NO4.C7H6O2.C5H5NO3/c14-10-7-11(15)13-12(16)9(10)5-1-3-8-4-2-6-17-8;8-5-1-3-7-4-2-6-9-7;7-3-1-4(8)6-5(9)2-3/h1-6H,7H2,(H,13,15,16);1-6H;1-2H2,(H,6,8,9)/b3-1+,9-5+;3-1+;. The third-order valence-corrected chi connectivity index (χ3v) is 4.06. The second kappa shape index (κ2) is 13.6. The number of piperidine rings is 2. The molecule has 0 saturated carbocycles. The highest BCUT2D eigenvalue weighted by molar-refractivity contribution is 6.30. The van der Waals surface area contributed by atoms with E-state index in [-0.39, 0.29) is 30.6 Å². The molecule has 4 amide bonds. The van der Waals surface area contributed by atoms with E-state index in [2.05, 4.69) is 5.32 Å². The molecule has 2 N–H and O–H groups in total. The molecule has 0 aromatic carbocycles. The minimum Gasteiger partial charge on any atom is -0.465 e. The van der Waals surface area contributed by atoms with Crippen molar-refractivity contribution in [3.8, 4) is 0 Å². The van der Waals surface area contributed by atoms with Gasteiger partial charge in [-0.25, -0.2) is 0 Å². The van der Waals surface area contributed by atoms with Gasteiger partial charge in [0.1, 0.15) is 17.8 Å². The molecule has 11 nitrogen and oxygen atoms in total. The first-order valence-corrected chi connectivity index (χ1v) is 10.1. The number of hydrogen-bond acceptors (Lipinski definition) is 9. The van der Waals surface area contributed by atoms with Crippen molar-refractivity contribution in [1.82, 2.24) is 10.6 Å². The van der Waals surface area contributed by atoms with Crippen molar-refractivity contribution in [2.45, 2.75) is 19.3 Å². The van der Waals surface area contributed by atoms with Crippen LogP contribution in [0.15, 0.2) is 69.4 Å². The minimum absolute atomic E-state index is 0.0209. The van der Waals surface area contributed by atoms with Crippen LogP contribution in [0.3, 0.4) is 0 Å². The van der Waals surface area contributed by atoms with Crippen molar-refractivity contribution in [2.75, 3.05) is 0 Å². The molecule has 2 aromatic rings. The van der Waals surface area contributed by atoms with E-state index in [4.69, 9.17) is 8.83 Å². The Labute approximate surface area is 198 Å². The first-order valence-electron chi connectivity index (χ1n) is 10.1. The molecule has 4 heterocycles. The van der Waals surface area contributed by atoms with Crippen molar-refractivity contribution in [1.29, 1.82) is 0 Å². The van der Waals surface area contributed by atoms with E-state index in [1.54, 1.807) is 42.7 Å². The van der Waals surface area contributed by atoms with Gasteiger partial charge in [-0.1, -0.05) is 6.08 Å². The zero-order valence-electron chi connectivity index (χ0n) is 18.2. The first kappa shape index (κ1) is 26.3. The Balaban J connectivity index is 0.000000203. The van der Waals surface area contributed by atoms with Gasteiger partial charge in [0.25, 0.3) is 5.91 Å². The van der Waals surface area contributed by atoms with Gasteiger partial charge < -0.3 is 8.83 Å². The molecule has 2 saturated heterocycles. The summed E-state index contributed by atoms with van der Waals surface area (Å²) >= 11 is 0. The van der Waals surface area contributed by atoms with Crippen LogP contribution in [-0.2, 0) is 33.6 Å². The number of imide groups is 2. The summed E-state index contributed by atoms with van der Waals surface area (Å²) in [6.07, 6.45) is 10.7. The lowest BCUT2D eigenvalue weighted by Crippen LogP contribution is -2.40. The molecule has 2 aliphatic rings. The van der Waals surface area contributed by atoms with Gasteiger partial charge in [0.15, 0.2) is 11.6 Å². The third-order valence-electron chi connectivity index (χ3n) is 4.06. The molecular formula is C24H20N2O9. The number of carbonyl (C=O) groups is 7. The number of amides is 4. The van der Waals surface area contributed by atoms with Crippen LogP contribution in [0.2, 0.25) is 0 Å². The van der Waals surface area contributed by atoms with Gasteiger partial charge in [-0.05, 0) is 48.6 Å². The number of allylic oxidation sites excluding steroid dienone is 3. The maximum absolute atomic E-state index is 11.4. The molecule has 0 atom stereocenters. The average molecular weight is 480 g/mol. The van der Waals surface area contributed by atoms with Gasteiger partial charge in [-0.2, -0.15) is 0 Å².